The van der Waals surface area contributed by atoms with E-state index in [1.165, 1.54) is 11.1 Å². The highest BCUT2D eigenvalue weighted by Gasteiger charge is 2.33. The molecule has 1 aliphatic rings. The summed E-state index contributed by atoms with van der Waals surface area (Å²) >= 11 is 0. The average molecular weight is 304 g/mol. The monoisotopic (exact) mass is 304 g/mol. The molecule has 3 aromatic carbocycles. The lowest BCUT2D eigenvalue weighted by Crippen LogP contribution is -2.19. The maximum Gasteiger partial charge on any atom is 0.144 e. The molecule has 0 bridgehead atoms. The van der Waals surface area contributed by atoms with Crippen LogP contribution in [0.2, 0.25) is 0 Å². The van der Waals surface area contributed by atoms with Crippen LogP contribution in [0.15, 0.2) is 72.8 Å². The van der Waals surface area contributed by atoms with Gasteiger partial charge < -0.3 is 4.57 Å². The van der Waals surface area contributed by atoms with Crippen molar-refractivity contribution in [3.05, 3.63) is 72.8 Å². The van der Waals surface area contributed by atoms with Crippen LogP contribution >= 0.6 is 7.14 Å². The van der Waals surface area contributed by atoms with Gasteiger partial charge in [0, 0.05) is 16.8 Å². The van der Waals surface area contributed by atoms with Crippen LogP contribution in [0.3, 0.4) is 0 Å². The van der Waals surface area contributed by atoms with Gasteiger partial charge in [-0.05, 0) is 22.3 Å². The zero-order valence-corrected chi connectivity index (χ0v) is 13.4. The van der Waals surface area contributed by atoms with Gasteiger partial charge in [-0.1, -0.05) is 79.7 Å². The third kappa shape index (κ3) is 1.76. The van der Waals surface area contributed by atoms with Gasteiger partial charge in [0.05, 0.1) is 0 Å². The maximum absolute atomic E-state index is 13.9. The third-order valence-corrected chi connectivity index (χ3v) is 7.77. The number of hydrogen-bond donors (Lipinski definition) is 0. The van der Waals surface area contributed by atoms with E-state index < -0.39 is 7.14 Å². The fourth-order valence-corrected chi connectivity index (χ4v) is 6.22. The fourth-order valence-electron chi connectivity index (χ4n) is 3.46. The molecule has 3 aromatic rings. The number of rotatable bonds is 1. The van der Waals surface area contributed by atoms with Crippen molar-refractivity contribution in [2.45, 2.75) is 6.92 Å². The van der Waals surface area contributed by atoms with Crippen LogP contribution in [0.1, 0.15) is 6.92 Å². The first-order valence-corrected chi connectivity index (χ1v) is 9.53. The Kier molecular flexibility index (Phi) is 3.06. The number of fused-ring (bicyclic) bond motifs is 5. The molecule has 0 N–H and O–H groups in total. The predicted molar refractivity (Wildman–Crippen MR) is 94.7 cm³/mol. The summed E-state index contributed by atoms with van der Waals surface area (Å²) in [4.78, 5) is 0. The molecule has 0 unspecified atom stereocenters. The highest BCUT2D eigenvalue weighted by molar-refractivity contribution is 7.79. The molecule has 0 spiro atoms. The van der Waals surface area contributed by atoms with Gasteiger partial charge in [-0.15, -0.1) is 0 Å². The van der Waals surface area contributed by atoms with Gasteiger partial charge in [-0.2, -0.15) is 0 Å². The van der Waals surface area contributed by atoms with Gasteiger partial charge in [0.25, 0.3) is 0 Å². The Morgan fingerprint density at radius 1 is 0.636 bits per heavy atom. The molecule has 0 aliphatic carbocycles. The molecule has 0 radical (unpaired) electrons. The van der Waals surface area contributed by atoms with E-state index in [-0.39, 0.29) is 0 Å². The van der Waals surface area contributed by atoms with Crippen molar-refractivity contribution in [3.63, 3.8) is 0 Å². The van der Waals surface area contributed by atoms with Crippen molar-refractivity contribution >= 4 is 17.8 Å². The Labute approximate surface area is 131 Å². The molecule has 0 aromatic heterocycles. The SMILES string of the molecule is CCP1(=O)c2ccccc2-c2ccccc2-c2ccccc21. The summed E-state index contributed by atoms with van der Waals surface area (Å²) in [5.74, 6) is 0. The first-order valence-electron chi connectivity index (χ1n) is 7.64. The molecule has 2 heteroatoms. The Morgan fingerprint density at radius 2 is 1.00 bits per heavy atom. The summed E-state index contributed by atoms with van der Waals surface area (Å²) in [6.45, 7) is 2.03. The minimum Gasteiger partial charge on any atom is -0.314 e. The second-order valence-electron chi connectivity index (χ2n) is 5.64. The molecule has 0 saturated carbocycles. The Balaban J connectivity index is 2.24. The maximum atomic E-state index is 13.9. The Morgan fingerprint density at radius 3 is 1.41 bits per heavy atom. The van der Waals surface area contributed by atoms with Crippen molar-refractivity contribution in [1.29, 1.82) is 0 Å². The Bertz CT molecular complexity index is 840. The second kappa shape index (κ2) is 4.97. The van der Waals surface area contributed by atoms with Gasteiger partial charge >= 0.3 is 0 Å². The number of benzene rings is 3. The van der Waals surface area contributed by atoms with E-state index in [0.717, 1.165) is 21.7 Å². The van der Waals surface area contributed by atoms with Crippen LogP contribution < -0.4 is 10.6 Å². The minimum absolute atomic E-state index is 0.648. The van der Waals surface area contributed by atoms with Crippen LogP contribution in [0, 0.1) is 0 Å². The van der Waals surface area contributed by atoms with E-state index in [1.54, 1.807) is 0 Å². The zero-order chi connectivity index (χ0) is 15.2. The van der Waals surface area contributed by atoms with Gasteiger partial charge in [0.2, 0.25) is 0 Å². The van der Waals surface area contributed by atoms with E-state index in [1.807, 2.05) is 43.3 Å². The standard InChI is InChI=1S/C20H17OP/c1-2-22(21)19-13-7-5-11-17(19)15-9-3-4-10-16(15)18-12-6-8-14-20(18)22/h3-14H,2H2,1H3. The number of hydrogen-bond acceptors (Lipinski definition) is 1. The van der Waals surface area contributed by atoms with E-state index in [9.17, 15) is 4.57 Å². The lowest BCUT2D eigenvalue weighted by atomic mass is 9.95. The molecule has 1 aliphatic heterocycles. The van der Waals surface area contributed by atoms with Crippen LogP contribution in [-0.4, -0.2) is 6.16 Å². The van der Waals surface area contributed by atoms with E-state index >= 15 is 0 Å². The molecule has 4 rings (SSSR count). The van der Waals surface area contributed by atoms with E-state index in [0.29, 0.717) is 6.16 Å². The summed E-state index contributed by atoms with van der Waals surface area (Å²) in [5.41, 5.74) is 4.58. The molecule has 0 amide bonds. The third-order valence-electron chi connectivity index (χ3n) is 4.54. The largest absolute Gasteiger partial charge is 0.314 e. The van der Waals surface area contributed by atoms with Crippen molar-refractivity contribution < 1.29 is 4.57 Å². The molecule has 1 nitrogen and oxygen atoms in total. The molecule has 0 saturated heterocycles. The summed E-state index contributed by atoms with van der Waals surface area (Å²) in [6, 6.07) is 24.7. The lowest BCUT2D eigenvalue weighted by Gasteiger charge is -2.19. The molecule has 0 atom stereocenters. The second-order valence-corrected chi connectivity index (χ2v) is 8.71. The zero-order valence-electron chi connectivity index (χ0n) is 12.5. The molecule has 22 heavy (non-hydrogen) atoms. The lowest BCUT2D eigenvalue weighted by molar-refractivity contribution is 0.588. The van der Waals surface area contributed by atoms with Gasteiger partial charge in [0.1, 0.15) is 7.14 Å². The summed E-state index contributed by atoms with van der Waals surface area (Å²) < 4.78 is 13.9. The van der Waals surface area contributed by atoms with Crippen LogP contribution in [0.25, 0.3) is 22.3 Å². The smallest absolute Gasteiger partial charge is 0.144 e. The predicted octanol–water partition coefficient (Wildman–Crippen LogP) is 4.67. The van der Waals surface area contributed by atoms with Gasteiger partial charge in [-0.3, -0.25) is 0 Å². The topological polar surface area (TPSA) is 17.1 Å². The van der Waals surface area contributed by atoms with Crippen LogP contribution in [0.4, 0.5) is 0 Å². The minimum atomic E-state index is -2.60. The Hall–Kier alpha value is -2.11. The normalized spacial score (nSPS) is 14.4. The van der Waals surface area contributed by atoms with Gasteiger partial charge in [-0.25, -0.2) is 0 Å². The van der Waals surface area contributed by atoms with Crippen molar-refractivity contribution in [2.75, 3.05) is 6.16 Å². The van der Waals surface area contributed by atoms with Crippen molar-refractivity contribution in [3.8, 4) is 22.3 Å². The molecular weight excluding hydrogens is 287 g/mol. The van der Waals surface area contributed by atoms with Crippen molar-refractivity contribution in [2.24, 2.45) is 0 Å². The van der Waals surface area contributed by atoms with Gasteiger partial charge in [0.15, 0.2) is 0 Å². The summed E-state index contributed by atoms with van der Waals surface area (Å²) in [5, 5.41) is 1.99. The highest BCUT2D eigenvalue weighted by Crippen LogP contribution is 2.51. The molecule has 1 heterocycles. The molecule has 108 valence electrons. The first-order chi connectivity index (χ1) is 10.8. The average Bonchev–Trinajstić information content (AvgIpc) is 2.69. The van der Waals surface area contributed by atoms with Crippen LogP contribution in [0.5, 0.6) is 0 Å². The summed E-state index contributed by atoms with van der Waals surface area (Å²) in [6.07, 6.45) is 0.648. The first kappa shape index (κ1) is 13.5. The van der Waals surface area contributed by atoms with Crippen molar-refractivity contribution in [1.82, 2.24) is 0 Å². The highest BCUT2D eigenvalue weighted by atomic mass is 31.2. The van der Waals surface area contributed by atoms with E-state index in [2.05, 4.69) is 36.4 Å². The fraction of sp³-hybridized carbons (Fsp3) is 0.100. The molecule has 0 fully saturated rings. The van der Waals surface area contributed by atoms with Crippen LogP contribution in [-0.2, 0) is 4.57 Å². The van der Waals surface area contributed by atoms with E-state index in [4.69, 9.17) is 0 Å². The quantitative estimate of drug-likeness (QED) is 0.597. The summed E-state index contributed by atoms with van der Waals surface area (Å²) in [7, 11) is -2.60. The molecular formula is C20H17OP.